The van der Waals surface area contributed by atoms with Crippen molar-refractivity contribution in [3.63, 3.8) is 0 Å². The van der Waals surface area contributed by atoms with Crippen molar-refractivity contribution in [1.82, 2.24) is 0 Å². The van der Waals surface area contributed by atoms with Crippen LogP contribution < -0.4 is 0 Å². The number of hydrogen-bond donors (Lipinski definition) is 1. The topological polar surface area (TPSA) is 46.5 Å². The van der Waals surface area contributed by atoms with Gasteiger partial charge in [-0.15, -0.1) is 0 Å². The van der Waals surface area contributed by atoms with Gasteiger partial charge in [0.25, 0.3) is 0 Å². The molecule has 0 aliphatic heterocycles. The van der Waals surface area contributed by atoms with Crippen LogP contribution in [0, 0.1) is 11.8 Å². The minimum atomic E-state index is -0.681. The number of ether oxygens (including phenoxy) is 1. The number of hydrogen-bond acceptors (Lipinski definition) is 2. The van der Waals surface area contributed by atoms with E-state index in [1.54, 1.807) is 0 Å². The Morgan fingerprint density at radius 2 is 2.06 bits per heavy atom. The molecule has 1 aliphatic rings. The predicted octanol–water partition coefficient (Wildman–Crippen LogP) is 3.47. The van der Waals surface area contributed by atoms with Gasteiger partial charge in [0.2, 0.25) is 0 Å². The first kappa shape index (κ1) is 14.5. The summed E-state index contributed by atoms with van der Waals surface area (Å²) in [6.07, 6.45) is 7.24. The maximum atomic E-state index is 11.2. The van der Waals surface area contributed by atoms with Crippen molar-refractivity contribution in [2.75, 3.05) is 6.61 Å². The molecular formula is C14H26O3. The molecule has 0 saturated heterocycles. The molecule has 0 amide bonds. The average molecular weight is 242 g/mol. The van der Waals surface area contributed by atoms with Gasteiger partial charge in [-0.1, -0.05) is 33.1 Å². The Morgan fingerprint density at radius 3 is 2.65 bits per heavy atom. The molecule has 17 heavy (non-hydrogen) atoms. The lowest BCUT2D eigenvalue weighted by molar-refractivity contribution is -0.151. The molecule has 0 radical (unpaired) electrons. The SMILES string of the molecule is CCCCCOC1CC(CC)CCC1C(=O)O. The van der Waals surface area contributed by atoms with Gasteiger partial charge >= 0.3 is 5.97 Å². The summed E-state index contributed by atoms with van der Waals surface area (Å²) >= 11 is 0. The van der Waals surface area contributed by atoms with Crippen LogP contribution in [0.15, 0.2) is 0 Å². The van der Waals surface area contributed by atoms with E-state index in [-0.39, 0.29) is 12.0 Å². The van der Waals surface area contributed by atoms with Crippen LogP contribution in [-0.2, 0) is 9.53 Å². The highest BCUT2D eigenvalue weighted by atomic mass is 16.5. The lowest BCUT2D eigenvalue weighted by Gasteiger charge is -2.33. The largest absolute Gasteiger partial charge is 0.481 e. The van der Waals surface area contributed by atoms with Gasteiger partial charge in [0.05, 0.1) is 12.0 Å². The van der Waals surface area contributed by atoms with Crippen molar-refractivity contribution in [2.45, 2.75) is 64.9 Å². The quantitative estimate of drug-likeness (QED) is 0.695. The van der Waals surface area contributed by atoms with Crippen molar-refractivity contribution in [3.8, 4) is 0 Å². The Kier molecular flexibility index (Phi) is 6.56. The van der Waals surface area contributed by atoms with Gasteiger partial charge in [-0.25, -0.2) is 0 Å². The molecule has 1 aliphatic carbocycles. The van der Waals surface area contributed by atoms with E-state index in [0.29, 0.717) is 5.92 Å². The summed E-state index contributed by atoms with van der Waals surface area (Å²) in [5, 5.41) is 9.19. The van der Waals surface area contributed by atoms with Crippen LogP contribution in [0.3, 0.4) is 0 Å². The second-order valence-electron chi connectivity index (χ2n) is 5.15. The predicted molar refractivity (Wildman–Crippen MR) is 68.0 cm³/mol. The van der Waals surface area contributed by atoms with Crippen LogP contribution in [0.25, 0.3) is 0 Å². The Hall–Kier alpha value is -0.570. The molecule has 0 spiro atoms. The molecule has 0 aromatic heterocycles. The van der Waals surface area contributed by atoms with E-state index in [1.807, 2.05) is 0 Å². The number of unbranched alkanes of at least 4 members (excludes halogenated alkanes) is 2. The van der Waals surface area contributed by atoms with Gasteiger partial charge in [0.1, 0.15) is 0 Å². The van der Waals surface area contributed by atoms with Crippen molar-refractivity contribution >= 4 is 5.97 Å². The molecule has 0 aromatic carbocycles. The van der Waals surface area contributed by atoms with Gasteiger partial charge < -0.3 is 9.84 Å². The Labute approximate surface area is 105 Å². The summed E-state index contributed by atoms with van der Waals surface area (Å²) in [4.78, 5) is 11.2. The highest BCUT2D eigenvalue weighted by molar-refractivity contribution is 5.70. The summed E-state index contributed by atoms with van der Waals surface area (Å²) < 4.78 is 5.81. The highest BCUT2D eigenvalue weighted by Crippen LogP contribution is 2.33. The number of carboxylic acid groups (broad SMARTS) is 1. The van der Waals surface area contributed by atoms with Gasteiger partial charge in [-0.3, -0.25) is 4.79 Å². The molecule has 3 nitrogen and oxygen atoms in total. The second kappa shape index (κ2) is 7.70. The molecule has 0 bridgehead atoms. The third kappa shape index (κ3) is 4.66. The van der Waals surface area contributed by atoms with E-state index in [9.17, 15) is 9.90 Å². The van der Waals surface area contributed by atoms with Crippen molar-refractivity contribution in [3.05, 3.63) is 0 Å². The monoisotopic (exact) mass is 242 g/mol. The van der Waals surface area contributed by atoms with Crippen molar-refractivity contribution in [2.24, 2.45) is 11.8 Å². The molecule has 1 N–H and O–H groups in total. The van der Waals surface area contributed by atoms with Crippen molar-refractivity contribution < 1.29 is 14.6 Å². The molecule has 1 fully saturated rings. The van der Waals surface area contributed by atoms with Crippen LogP contribution in [0.5, 0.6) is 0 Å². The molecule has 1 rings (SSSR count). The average Bonchev–Trinajstić information content (AvgIpc) is 2.34. The summed E-state index contributed by atoms with van der Waals surface area (Å²) in [6, 6.07) is 0. The number of aliphatic carboxylic acids is 1. The maximum Gasteiger partial charge on any atom is 0.309 e. The number of rotatable bonds is 7. The van der Waals surface area contributed by atoms with Crippen LogP contribution in [0.2, 0.25) is 0 Å². The molecule has 0 heterocycles. The first-order valence-electron chi connectivity index (χ1n) is 7.03. The molecule has 0 aromatic rings. The first-order valence-corrected chi connectivity index (χ1v) is 7.03. The van der Waals surface area contributed by atoms with Crippen LogP contribution in [-0.4, -0.2) is 23.8 Å². The minimum Gasteiger partial charge on any atom is -0.481 e. The normalized spacial score (nSPS) is 29.2. The summed E-state index contributed by atoms with van der Waals surface area (Å²) in [7, 11) is 0. The Balaban J connectivity index is 2.40. The molecule has 3 atom stereocenters. The van der Waals surface area contributed by atoms with Crippen LogP contribution in [0.4, 0.5) is 0 Å². The third-order valence-electron chi connectivity index (χ3n) is 3.87. The third-order valence-corrected chi connectivity index (χ3v) is 3.87. The van der Waals surface area contributed by atoms with Gasteiger partial charge in [-0.2, -0.15) is 0 Å². The molecule has 1 saturated carbocycles. The van der Waals surface area contributed by atoms with E-state index in [1.165, 1.54) is 12.8 Å². The Morgan fingerprint density at radius 1 is 1.29 bits per heavy atom. The Bertz CT molecular complexity index is 228. The molecular weight excluding hydrogens is 216 g/mol. The van der Waals surface area contributed by atoms with E-state index in [4.69, 9.17) is 4.74 Å². The minimum absolute atomic E-state index is 0.0527. The molecule has 3 heteroatoms. The first-order chi connectivity index (χ1) is 8.19. The van der Waals surface area contributed by atoms with Gasteiger partial charge in [-0.05, 0) is 31.6 Å². The van der Waals surface area contributed by atoms with Crippen LogP contribution in [0.1, 0.15) is 58.8 Å². The summed E-state index contributed by atoms with van der Waals surface area (Å²) in [5.74, 6) is -0.304. The lowest BCUT2D eigenvalue weighted by atomic mass is 9.78. The molecule has 3 unspecified atom stereocenters. The van der Waals surface area contributed by atoms with Gasteiger partial charge in [0.15, 0.2) is 0 Å². The zero-order valence-corrected chi connectivity index (χ0v) is 11.2. The van der Waals surface area contributed by atoms with E-state index in [0.717, 1.165) is 38.7 Å². The summed E-state index contributed by atoms with van der Waals surface area (Å²) in [5.41, 5.74) is 0. The molecule has 100 valence electrons. The number of carbonyl (C=O) groups is 1. The van der Waals surface area contributed by atoms with E-state index < -0.39 is 5.97 Å². The standard InChI is InChI=1S/C14H26O3/c1-3-5-6-9-17-13-10-11(4-2)7-8-12(13)14(15)16/h11-13H,3-10H2,1-2H3,(H,15,16). The smallest absolute Gasteiger partial charge is 0.309 e. The highest BCUT2D eigenvalue weighted by Gasteiger charge is 2.34. The van der Waals surface area contributed by atoms with E-state index in [2.05, 4.69) is 13.8 Å². The van der Waals surface area contributed by atoms with Crippen molar-refractivity contribution in [1.29, 1.82) is 0 Å². The zero-order valence-electron chi connectivity index (χ0n) is 11.2. The fourth-order valence-electron chi connectivity index (χ4n) is 2.64. The zero-order chi connectivity index (χ0) is 12.7. The number of carboxylic acids is 1. The van der Waals surface area contributed by atoms with Gasteiger partial charge in [0, 0.05) is 6.61 Å². The second-order valence-corrected chi connectivity index (χ2v) is 5.15. The summed E-state index contributed by atoms with van der Waals surface area (Å²) in [6.45, 7) is 5.06. The van der Waals surface area contributed by atoms with Crippen LogP contribution >= 0.6 is 0 Å². The fraction of sp³-hybridized carbons (Fsp3) is 0.929. The van der Waals surface area contributed by atoms with E-state index >= 15 is 0 Å². The lowest BCUT2D eigenvalue weighted by Crippen LogP contribution is -2.36. The fourth-order valence-corrected chi connectivity index (χ4v) is 2.64. The maximum absolute atomic E-state index is 11.2.